The van der Waals surface area contributed by atoms with Crippen molar-refractivity contribution in [3.8, 4) is 0 Å². The molecule has 5 nitrogen and oxygen atoms in total. The van der Waals surface area contributed by atoms with E-state index in [4.69, 9.17) is 4.74 Å². The first-order chi connectivity index (χ1) is 9.11. The maximum atomic E-state index is 11.9. The zero-order valence-corrected chi connectivity index (χ0v) is 11.2. The first kappa shape index (κ1) is 13.5. The highest BCUT2D eigenvalue weighted by molar-refractivity contribution is 5.96. The van der Waals surface area contributed by atoms with Crippen LogP contribution in [0.4, 0.5) is 5.69 Å². The van der Waals surface area contributed by atoms with Crippen molar-refractivity contribution in [1.29, 1.82) is 0 Å². The molecule has 1 aliphatic rings. The van der Waals surface area contributed by atoms with Crippen LogP contribution >= 0.6 is 0 Å². The van der Waals surface area contributed by atoms with Gasteiger partial charge in [-0.1, -0.05) is 6.07 Å². The maximum absolute atomic E-state index is 11.9. The van der Waals surface area contributed by atoms with Crippen molar-refractivity contribution in [3.63, 3.8) is 0 Å². The van der Waals surface area contributed by atoms with E-state index >= 15 is 0 Å². The Balaban J connectivity index is 2.07. The van der Waals surface area contributed by atoms with Crippen LogP contribution in [0.1, 0.15) is 22.3 Å². The fraction of sp³-hybridized carbons (Fsp3) is 0.429. The van der Waals surface area contributed by atoms with Crippen LogP contribution in [0, 0.1) is 12.8 Å². The largest absolute Gasteiger partial charge is 0.465 e. The number of nitrogens with one attached hydrogen (secondary N) is 2. The summed E-state index contributed by atoms with van der Waals surface area (Å²) < 4.78 is 4.71. The highest BCUT2D eigenvalue weighted by Crippen LogP contribution is 2.20. The van der Waals surface area contributed by atoms with Gasteiger partial charge in [0.1, 0.15) is 0 Å². The summed E-state index contributed by atoms with van der Waals surface area (Å²) in [7, 11) is 1.34. The van der Waals surface area contributed by atoms with Gasteiger partial charge in [-0.25, -0.2) is 4.79 Å². The highest BCUT2D eigenvalue weighted by Gasteiger charge is 2.21. The topological polar surface area (TPSA) is 67.4 Å². The third-order valence-corrected chi connectivity index (χ3v) is 3.35. The Morgan fingerprint density at radius 1 is 1.42 bits per heavy atom. The van der Waals surface area contributed by atoms with E-state index in [2.05, 4.69) is 10.6 Å². The van der Waals surface area contributed by atoms with Crippen molar-refractivity contribution in [3.05, 3.63) is 29.3 Å². The fourth-order valence-electron chi connectivity index (χ4n) is 2.06. The van der Waals surface area contributed by atoms with Crippen molar-refractivity contribution < 1.29 is 14.3 Å². The molecule has 1 aromatic carbocycles. The molecule has 1 heterocycles. The third kappa shape index (κ3) is 3.12. The normalized spacial score (nSPS) is 14.6. The first-order valence-corrected chi connectivity index (χ1v) is 6.30. The number of hydrogen-bond acceptors (Lipinski definition) is 4. The molecule has 2 N–H and O–H groups in total. The van der Waals surface area contributed by atoms with Crippen LogP contribution in [0.15, 0.2) is 18.2 Å². The van der Waals surface area contributed by atoms with Crippen LogP contribution in [0.25, 0.3) is 0 Å². The second-order valence-electron chi connectivity index (χ2n) is 4.75. The number of hydrogen-bond donors (Lipinski definition) is 2. The monoisotopic (exact) mass is 262 g/mol. The summed E-state index contributed by atoms with van der Waals surface area (Å²) in [5.74, 6) is 0.0116. The van der Waals surface area contributed by atoms with Crippen molar-refractivity contribution >= 4 is 17.6 Å². The summed E-state index contributed by atoms with van der Waals surface area (Å²) in [4.78, 5) is 23.4. The Bertz CT molecular complexity index is 495. The van der Waals surface area contributed by atoms with Gasteiger partial charge in [-0.2, -0.15) is 0 Å². The molecule has 1 aliphatic heterocycles. The summed E-state index contributed by atoms with van der Waals surface area (Å²) in [5.41, 5.74) is 1.88. The number of methoxy groups -OCH3 is 1. The summed E-state index contributed by atoms with van der Waals surface area (Å²) in [6, 6.07) is 5.21. The summed E-state index contributed by atoms with van der Waals surface area (Å²) in [5, 5.41) is 5.99. The molecule has 102 valence electrons. The van der Waals surface area contributed by atoms with E-state index in [-0.39, 0.29) is 5.91 Å². The van der Waals surface area contributed by atoms with Crippen LogP contribution in [0.3, 0.4) is 0 Å². The minimum atomic E-state index is -0.392. The van der Waals surface area contributed by atoms with Crippen molar-refractivity contribution in [1.82, 2.24) is 5.32 Å². The summed E-state index contributed by atoms with van der Waals surface area (Å²) >= 11 is 0. The van der Waals surface area contributed by atoms with E-state index in [0.717, 1.165) is 18.7 Å². The molecular weight excluding hydrogens is 244 g/mol. The van der Waals surface area contributed by atoms with Crippen molar-refractivity contribution in [2.24, 2.45) is 5.92 Å². The molecule has 0 spiro atoms. The lowest BCUT2D eigenvalue weighted by Gasteiger charge is -2.26. The minimum absolute atomic E-state index is 0.0170. The molecule has 1 fully saturated rings. The average Bonchev–Trinajstić information content (AvgIpc) is 2.35. The standard InChI is InChI=1S/C14H18N2O3/c1-9-11(14(18)19-2)4-3-5-12(9)16-13(17)6-10-7-15-8-10/h3-5,10,15H,6-8H2,1-2H3,(H,16,17). The molecule has 0 saturated carbocycles. The van der Waals surface area contributed by atoms with E-state index in [1.165, 1.54) is 7.11 Å². The van der Waals surface area contributed by atoms with Crippen LogP contribution in [0.5, 0.6) is 0 Å². The molecule has 5 heteroatoms. The molecule has 0 aromatic heterocycles. The Labute approximate surface area is 112 Å². The molecule has 1 aromatic rings. The molecule has 0 unspecified atom stereocenters. The number of carbonyl (C=O) groups is 2. The second kappa shape index (κ2) is 5.84. The lowest BCUT2D eigenvalue weighted by Crippen LogP contribution is -2.43. The molecule has 0 atom stereocenters. The number of benzene rings is 1. The number of anilines is 1. The smallest absolute Gasteiger partial charge is 0.338 e. The molecule has 0 bridgehead atoms. The van der Waals surface area contributed by atoms with Gasteiger partial charge in [0.05, 0.1) is 12.7 Å². The first-order valence-electron chi connectivity index (χ1n) is 6.30. The van der Waals surface area contributed by atoms with Gasteiger partial charge in [0.2, 0.25) is 5.91 Å². The van der Waals surface area contributed by atoms with E-state index in [1.807, 2.05) is 0 Å². The number of carbonyl (C=O) groups excluding carboxylic acids is 2. The number of esters is 1. The summed E-state index contributed by atoms with van der Waals surface area (Å²) in [6.45, 7) is 3.59. The Morgan fingerprint density at radius 3 is 2.74 bits per heavy atom. The predicted octanol–water partition coefficient (Wildman–Crippen LogP) is 1.33. The van der Waals surface area contributed by atoms with Gasteiger partial charge in [0.25, 0.3) is 0 Å². The van der Waals surface area contributed by atoms with Crippen LogP contribution in [0.2, 0.25) is 0 Å². The van der Waals surface area contributed by atoms with E-state index in [1.54, 1.807) is 25.1 Å². The average molecular weight is 262 g/mol. The quantitative estimate of drug-likeness (QED) is 0.803. The molecular formula is C14H18N2O3. The van der Waals surface area contributed by atoms with E-state index in [9.17, 15) is 9.59 Å². The van der Waals surface area contributed by atoms with Gasteiger partial charge in [0.15, 0.2) is 0 Å². The van der Waals surface area contributed by atoms with Gasteiger partial charge in [-0.05, 0) is 43.6 Å². The Hall–Kier alpha value is -1.88. The molecule has 1 amide bonds. The Morgan fingerprint density at radius 2 is 2.16 bits per heavy atom. The predicted molar refractivity (Wildman–Crippen MR) is 72.1 cm³/mol. The van der Waals surface area contributed by atoms with Gasteiger partial charge < -0.3 is 15.4 Å². The van der Waals surface area contributed by atoms with Gasteiger partial charge in [-0.3, -0.25) is 4.79 Å². The van der Waals surface area contributed by atoms with Gasteiger partial charge in [0, 0.05) is 12.1 Å². The fourth-order valence-corrected chi connectivity index (χ4v) is 2.06. The number of ether oxygens (including phenoxy) is 1. The molecule has 0 aliphatic carbocycles. The van der Waals surface area contributed by atoms with Gasteiger partial charge in [-0.15, -0.1) is 0 Å². The van der Waals surface area contributed by atoms with Crippen molar-refractivity contribution in [2.45, 2.75) is 13.3 Å². The van der Waals surface area contributed by atoms with Crippen LogP contribution in [-0.4, -0.2) is 32.1 Å². The minimum Gasteiger partial charge on any atom is -0.465 e. The zero-order valence-electron chi connectivity index (χ0n) is 11.2. The number of rotatable bonds is 4. The van der Waals surface area contributed by atoms with E-state index < -0.39 is 5.97 Å². The molecule has 0 radical (unpaired) electrons. The van der Waals surface area contributed by atoms with E-state index in [0.29, 0.717) is 23.6 Å². The molecule has 1 saturated heterocycles. The molecule has 19 heavy (non-hydrogen) atoms. The lowest BCUT2D eigenvalue weighted by molar-refractivity contribution is -0.117. The SMILES string of the molecule is COC(=O)c1cccc(NC(=O)CC2CNC2)c1C. The second-order valence-corrected chi connectivity index (χ2v) is 4.75. The van der Waals surface area contributed by atoms with Crippen LogP contribution < -0.4 is 10.6 Å². The zero-order chi connectivity index (χ0) is 13.8. The highest BCUT2D eigenvalue weighted by atomic mass is 16.5. The Kier molecular flexibility index (Phi) is 4.16. The third-order valence-electron chi connectivity index (χ3n) is 3.35. The van der Waals surface area contributed by atoms with Gasteiger partial charge >= 0.3 is 5.97 Å². The molecule has 2 rings (SSSR count). The number of amides is 1. The maximum Gasteiger partial charge on any atom is 0.338 e. The van der Waals surface area contributed by atoms with Crippen molar-refractivity contribution in [2.75, 3.05) is 25.5 Å². The lowest BCUT2D eigenvalue weighted by atomic mass is 9.99. The van der Waals surface area contributed by atoms with Crippen LogP contribution in [-0.2, 0) is 9.53 Å². The summed E-state index contributed by atoms with van der Waals surface area (Å²) in [6.07, 6.45) is 0.509.